The number of hydrogen-bond donors (Lipinski definition) is 2. The number of rotatable bonds is 3. The first-order chi connectivity index (χ1) is 10.1. The first-order valence-electron chi connectivity index (χ1n) is 7.03. The van der Waals surface area contributed by atoms with Crippen molar-refractivity contribution in [1.82, 2.24) is 20.0 Å². The van der Waals surface area contributed by atoms with E-state index in [0.717, 1.165) is 25.2 Å². The zero-order chi connectivity index (χ0) is 14.8. The van der Waals surface area contributed by atoms with Crippen molar-refractivity contribution in [3.63, 3.8) is 0 Å². The molecule has 1 fully saturated rings. The molecule has 2 aromatic rings. The molecule has 2 heterocycles. The number of amides is 1. The molecule has 1 aliphatic heterocycles. The molecule has 0 saturated carbocycles. The molecule has 1 unspecified atom stereocenters. The molecule has 1 saturated heterocycles. The maximum atomic E-state index is 12.2. The Balaban J connectivity index is 1.71. The molecule has 0 bridgehead atoms. The molecule has 3 rings (SSSR count). The molecule has 0 spiro atoms. The number of nitrogens with one attached hydrogen (secondary N) is 1. The summed E-state index contributed by atoms with van der Waals surface area (Å²) in [6.07, 6.45) is 2.75. The number of likely N-dealkylation sites (tertiary alicyclic amines) is 1. The molecule has 0 radical (unpaired) electrons. The summed E-state index contributed by atoms with van der Waals surface area (Å²) < 4.78 is 1.66. The van der Waals surface area contributed by atoms with E-state index < -0.39 is 0 Å². The monoisotopic (exact) mass is 285 g/mol. The predicted molar refractivity (Wildman–Crippen MR) is 81.3 cm³/mol. The smallest absolute Gasteiger partial charge is 0.272 e. The molecule has 1 aliphatic rings. The van der Waals surface area contributed by atoms with Gasteiger partial charge in [-0.2, -0.15) is 5.10 Å². The molecule has 6 heteroatoms. The van der Waals surface area contributed by atoms with Crippen LogP contribution >= 0.6 is 0 Å². The number of carbonyl (C=O) groups is 1. The number of benzene rings is 1. The molecule has 6 nitrogen and oxygen atoms in total. The van der Waals surface area contributed by atoms with E-state index in [9.17, 15) is 4.79 Å². The van der Waals surface area contributed by atoms with Crippen LogP contribution in [0.15, 0.2) is 36.5 Å². The third-order valence-electron chi connectivity index (χ3n) is 3.68. The maximum Gasteiger partial charge on any atom is 0.272 e. The average molecular weight is 285 g/mol. The van der Waals surface area contributed by atoms with Crippen molar-refractivity contribution in [3.05, 3.63) is 42.2 Å². The molecule has 21 heavy (non-hydrogen) atoms. The van der Waals surface area contributed by atoms with E-state index in [-0.39, 0.29) is 11.9 Å². The average Bonchev–Trinajstić information content (AvgIpc) is 3.08. The van der Waals surface area contributed by atoms with Gasteiger partial charge in [-0.3, -0.25) is 4.79 Å². The Bertz CT molecular complexity index is 651. The highest BCUT2D eigenvalue weighted by Crippen LogP contribution is 2.12. The largest absolute Gasteiger partial charge is 0.399 e. The number of aromatic nitrogens is 2. The first kappa shape index (κ1) is 13.6. The number of likely N-dealkylation sites (N-methyl/N-ethyl adjacent to an activating group) is 1. The minimum Gasteiger partial charge on any atom is -0.399 e. The van der Waals surface area contributed by atoms with Gasteiger partial charge in [0, 0.05) is 24.5 Å². The van der Waals surface area contributed by atoms with Gasteiger partial charge in [-0.25, -0.2) is 4.68 Å². The number of hydrogen-bond acceptors (Lipinski definition) is 4. The summed E-state index contributed by atoms with van der Waals surface area (Å²) in [6, 6.07) is 9.33. The van der Waals surface area contributed by atoms with E-state index in [2.05, 4.69) is 22.4 Å². The van der Waals surface area contributed by atoms with Gasteiger partial charge in [0.25, 0.3) is 5.91 Å². The zero-order valence-corrected chi connectivity index (χ0v) is 12.0. The van der Waals surface area contributed by atoms with Crippen molar-refractivity contribution in [3.8, 4) is 5.69 Å². The van der Waals surface area contributed by atoms with Gasteiger partial charge < -0.3 is 16.0 Å². The topological polar surface area (TPSA) is 76.2 Å². The van der Waals surface area contributed by atoms with Gasteiger partial charge in [0.15, 0.2) is 5.69 Å². The van der Waals surface area contributed by atoms with Crippen LogP contribution in [0.25, 0.3) is 5.69 Å². The van der Waals surface area contributed by atoms with E-state index in [0.29, 0.717) is 11.4 Å². The summed E-state index contributed by atoms with van der Waals surface area (Å²) >= 11 is 0. The lowest BCUT2D eigenvalue weighted by Crippen LogP contribution is -2.36. The van der Waals surface area contributed by atoms with Crippen molar-refractivity contribution in [2.24, 2.45) is 0 Å². The lowest BCUT2D eigenvalue weighted by molar-refractivity contribution is 0.0933. The lowest BCUT2D eigenvalue weighted by Gasteiger charge is -2.11. The summed E-state index contributed by atoms with van der Waals surface area (Å²) in [4.78, 5) is 14.4. The minimum absolute atomic E-state index is 0.127. The van der Waals surface area contributed by atoms with Crippen molar-refractivity contribution in [2.45, 2.75) is 12.5 Å². The van der Waals surface area contributed by atoms with Crippen molar-refractivity contribution < 1.29 is 4.79 Å². The molecule has 1 aromatic heterocycles. The summed E-state index contributed by atoms with van der Waals surface area (Å²) in [5.41, 5.74) is 7.69. The number of carbonyl (C=O) groups excluding carboxylic acids is 1. The van der Waals surface area contributed by atoms with Crippen LogP contribution in [0.4, 0.5) is 5.69 Å². The summed E-state index contributed by atoms with van der Waals surface area (Å²) in [6.45, 7) is 1.91. The van der Waals surface area contributed by atoms with Crippen LogP contribution in [0.3, 0.4) is 0 Å². The fraction of sp³-hybridized carbons (Fsp3) is 0.333. The van der Waals surface area contributed by atoms with E-state index in [4.69, 9.17) is 5.73 Å². The zero-order valence-electron chi connectivity index (χ0n) is 12.0. The molecule has 1 amide bonds. The van der Waals surface area contributed by atoms with E-state index in [1.165, 1.54) is 0 Å². The van der Waals surface area contributed by atoms with Crippen LogP contribution in [0.1, 0.15) is 16.9 Å². The molecule has 1 aromatic carbocycles. The Labute approximate surface area is 123 Å². The van der Waals surface area contributed by atoms with E-state index in [1.54, 1.807) is 16.9 Å². The highest BCUT2D eigenvalue weighted by Gasteiger charge is 2.22. The lowest BCUT2D eigenvalue weighted by atomic mass is 10.2. The van der Waals surface area contributed by atoms with Gasteiger partial charge in [-0.05, 0) is 44.3 Å². The quantitative estimate of drug-likeness (QED) is 0.821. The Kier molecular flexibility index (Phi) is 3.62. The number of nitrogen functional groups attached to an aromatic ring is 1. The molecule has 1 atom stereocenters. The second kappa shape index (κ2) is 5.57. The van der Waals surface area contributed by atoms with E-state index >= 15 is 0 Å². The van der Waals surface area contributed by atoms with Gasteiger partial charge in [0.2, 0.25) is 0 Å². The summed E-state index contributed by atoms with van der Waals surface area (Å²) in [7, 11) is 2.06. The fourth-order valence-corrected chi connectivity index (χ4v) is 2.57. The Morgan fingerprint density at radius 3 is 3.00 bits per heavy atom. The van der Waals surface area contributed by atoms with Gasteiger partial charge in [0.05, 0.1) is 5.69 Å². The van der Waals surface area contributed by atoms with Crippen molar-refractivity contribution in [2.75, 3.05) is 25.9 Å². The molecule has 0 aliphatic carbocycles. The SMILES string of the molecule is CN1CCC(NC(=O)c2ccn(-c3cccc(N)c3)n2)C1. The van der Waals surface area contributed by atoms with Gasteiger partial charge in [-0.15, -0.1) is 0 Å². The van der Waals surface area contributed by atoms with E-state index in [1.807, 2.05) is 24.3 Å². The van der Waals surface area contributed by atoms with Crippen molar-refractivity contribution in [1.29, 1.82) is 0 Å². The Morgan fingerprint density at radius 1 is 1.43 bits per heavy atom. The van der Waals surface area contributed by atoms with Crippen LogP contribution < -0.4 is 11.1 Å². The Hall–Kier alpha value is -2.34. The van der Waals surface area contributed by atoms with Gasteiger partial charge in [0.1, 0.15) is 0 Å². The normalized spacial score (nSPS) is 18.8. The van der Waals surface area contributed by atoms with Crippen LogP contribution in [0.2, 0.25) is 0 Å². The minimum atomic E-state index is -0.127. The second-order valence-electron chi connectivity index (χ2n) is 5.46. The Morgan fingerprint density at radius 2 is 2.29 bits per heavy atom. The van der Waals surface area contributed by atoms with Crippen LogP contribution in [0.5, 0.6) is 0 Å². The highest BCUT2D eigenvalue weighted by atomic mass is 16.2. The third-order valence-corrected chi connectivity index (χ3v) is 3.68. The molecular formula is C15H19N5O. The second-order valence-corrected chi connectivity index (χ2v) is 5.46. The highest BCUT2D eigenvalue weighted by molar-refractivity contribution is 5.92. The fourth-order valence-electron chi connectivity index (χ4n) is 2.57. The van der Waals surface area contributed by atoms with Crippen molar-refractivity contribution >= 4 is 11.6 Å². The number of anilines is 1. The van der Waals surface area contributed by atoms with Gasteiger partial charge >= 0.3 is 0 Å². The third kappa shape index (κ3) is 3.05. The van der Waals surface area contributed by atoms with Crippen LogP contribution in [0, 0.1) is 0 Å². The number of nitrogens with two attached hydrogens (primary N) is 1. The summed E-state index contributed by atoms with van der Waals surface area (Å²) in [5, 5.41) is 7.34. The first-order valence-corrected chi connectivity index (χ1v) is 7.03. The summed E-state index contributed by atoms with van der Waals surface area (Å²) in [5.74, 6) is -0.127. The molecule has 110 valence electrons. The molecular weight excluding hydrogens is 266 g/mol. The predicted octanol–water partition coefficient (Wildman–Crippen LogP) is 0.888. The molecule has 3 N–H and O–H groups in total. The van der Waals surface area contributed by atoms with Gasteiger partial charge in [-0.1, -0.05) is 6.07 Å². The van der Waals surface area contributed by atoms with Crippen LogP contribution in [-0.4, -0.2) is 46.8 Å². The number of nitrogens with zero attached hydrogens (tertiary/aromatic N) is 3. The van der Waals surface area contributed by atoms with Crippen LogP contribution in [-0.2, 0) is 0 Å². The standard InChI is InChI=1S/C15H19N5O/c1-19-7-5-12(10-19)17-15(21)14-6-8-20(18-14)13-4-2-3-11(16)9-13/h2-4,6,8-9,12H,5,7,10,16H2,1H3,(H,17,21). The maximum absolute atomic E-state index is 12.2.